The Kier molecular flexibility index (Phi) is 8.26. The predicted octanol–water partition coefficient (Wildman–Crippen LogP) is 15.1. The van der Waals surface area contributed by atoms with Gasteiger partial charge in [0, 0.05) is 77.6 Å². The first-order valence-electron chi connectivity index (χ1n) is 23.5. The van der Waals surface area contributed by atoms with Gasteiger partial charge >= 0.3 is 0 Å². The molecular weight excluding hydrogens is 925 g/mol. The van der Waals surface area contributed by atoms with Gasteiger partial charge in [-0.05, 0) is 108 Å². The number of hydrogen-bond acceptors (Lipinski definition) is 10. The molecule has 0 atom stereocenters. The number of fused-ring (bicyclic) bond motifs is 18. The second kappa shape index (κ2) is 15.1. The number of para-hydroxylation sites is 2. The molecule has 0 spiro atoms. The molecule has 0 aliphatic carbocycles. The lowest BCUT2D eigenvalue weighted by atomic mass is 10.1. The molecule has 0 unspecified atom stereocenters. The van der Waals surface area contributed by atoms with Gasteiger partial charge in [0.25, 0.3) is 0 Å². The maximum atomic E-state index is 5.25. The van der Waals surface area contributed by atoms with Crippen molar-refractivity contribution in [3.63, 3.8) is 0 Å². The Morgan fingerprint density at radius 3 is 1.06 bits per heavy atom. The number of thiophene rings is 2. The molecule has 0 N–H and O–H groups in total. The molecule has 0 saturated carbocycles. The molecule has 0 fully saturated rings. The van der Waals surface area contributed by atoms with Crippen molar-refractivity contribution in [2.45, 2.75) is 0 Å². The van der Waals surface area contributed by atoms with Gasteiger partial charge in [0.15, 0.2) is 0 Å². The largest absolute Gasteiger partial charge is 0.254 e. The third kappa shape index (κ3) is 5.69. The second-order valence-electron chi connectivity index (χ2n) is 18.0. The molecule has 0 amide bonds. The smallest absolute Gasteiger partial charge is 0.0996 e. The van der Waals surface area contributed by atoms with Crippen LogP contribution in [0.4, 0.5) is 0 Å². The summed E-state index contributed by atoms with van der Waals surface area (Å²) in [5, 5.41) is 8.52. The molecule has 6 aromatic carbocycles. The maximum Gasteiger partial charge on any atom is 0.0996 e. The van der Waals surface area contributed by atoms with Crippen LogP contribution in [-0.4, -0.2) is 49.2 Å². The van der Waals surface area contributed by atoms with Crippen LogP contribution in [0.3, 0.4) is 0 Å². The van der Waals surface area contributed by atoms with Crippen molar-refractivity contribution in [3.8, 4) is 42.0 Å². The quantitative estimate of drug-likeness (QED) is 0.157. The van der Waals surface area contributed by atoms with E-state index in [1.807, 2.05) is 61.2 Å². The number of rotatable bonds is 5. The number of pyridine rings is 4. The highest BCUT2D eigenvalue weighted by Crippen LogP contribution is 2.43. The lowest BCUT2D eigenvalue weighted by Crippen LogP contribution is -2.08. The SMILES string of the molecule is c1cnc2c(c1)c1ncc(-c3ccc(-c4ccc5c6ccccc6n(-n6c7ccccc7c7ccc(-c8ccc(-c9cnc%10c%11cccnc%11c%11ncccc%11c%10n9)s8)cc76)c5c4)s3)nc1c1cccnc12. The molecule has 0 bridgehead atoms. The zero-order chi connectivity index (χ0) is 47.0. The van der Waals surface area contributed by atoms with Gasteiger partial charge in [-0.2, -0.15) is 0 Å². The highest BCUT2D eigenvalue weighted by molar-refractivity contribution is 7.19. The number of nitrogens with zero attached hydrogens (tertiary/aromatic N) is 10. The van der Waals surface area contributed by atoms with Crippen LogP contribution in [0.25, 0.3) is 151 Å². The fraction of sp³-hybridized carbons (Fsp3) is 0. The maximum absolute atomic E-state index is 5.25. The molecule has 0 saturated heterocycles. The first-order valence-corrected chi connectivity index (χ1v) is 25.2. The van der Waals surface area contributed by atoms with Crippen molar-refractivity contribution in [3.05, 3.63) is 195 Å². The number of hydrogen-bond donors (Lipinski definition) is 0. The highest BCUT2D eigenvalue weighted by Gasteiger charge is 2.21. The summed E-state index contributed by atoms with van der Waals surface area (Å²) in [6.07, 6.45) is 11.0. The fourth-order valence-corrected chi connectivity index (χ4v) is 12.7. The fourth-order valence-electron chi connectivity index (χ4n) is 10.8. The van der Waals surface area contributed by atoms with E-state index >= 15 is 0 Å². The summed E-state index contributed by atoms with van der Waals surface area (Å²) in [5.74, 6) is 0. The van der Waals surface area contributed by atoms with Crippen molar-refractivity contribution in [1.82, 2.24) is 49.2 Å². The lowest BCUT2D eigenvalue weighted by Gasteiger charge is -2.14. The van der Waals surface area contributed by atoms with E-state index in [4.69, 9.17) is 29.9 Å². The Morgan fingerprint density at radius 2 is 0.625 bits per heavy atom. The lowest BCUT2D eigenvalue weighted by molar-refractivity contribution is 0.775. The van der Waals surface area contributed by atoms with Crippen molar-refractivity contribution in [2.75, 3.05) is 0 Å². The normalized spacial score (nSPS) is 12.2. The first-order chi connectivity index (χ1) is 35.7. The zero-order valence-corrected chi connectivity index (χ0v) is 39.4. The molecule has 10 aromatic heterocycles. The molecular formula is C60H32N10S2. The van der Waals surface area contributed by atoms with Gasteiger partial charge in [0.05, 0.1) is 99.7 Å². The first kappa shape index (κ1) is 39.5. The Bertz CT molecular complexity index is 4590. The average Bonchev–Trinajstić information content (AvgIpc) is 4.28. The summed E-state index contributed by atoms with van der Waals surface area (Å²) in [5.41, 5.74) is 15.0. The molecule has 10 heterocycles. The van der Waals surface area contributed by atoms with E-state index in [2.05, 4.69) is 141 Å². The Labute approximate surface area is 415 Å². The van der Waals surface area contributed by atoms with Crippen LogP contribution in [0.1, 0.15) is 0 Å². The topological polar surface area (TPSA) is 113 Å². The van der Waals surface area contributed by atoms with E-state index < -0.39 is 0 Å². The van der Waals surface area contributed by atoms with Gasteiger partial charge in [-0.25, -0.2) is 19.3 Å². The number of aromatic nitrogens is 10. The number of benzene rings is 6. The van der Waals surface area contributed by atoms with Crippen LogP contribution >= 0.6 is 22.7 Å². The van der Waals surface area contributed by atoms with Crippen LogP contribution in [-0.2, 0) is 0 Å². The summed E-state index contributed by atoms with van der Waals surface area (Å²) in [7, 11) is 0. The minimum absolute atomic E-state index is 0.823. The van der Waals surface area contributed by atoms with Gasteiger partial charge in [-0.1, -0.05) is 60.7 Å². The molecule has 12 heteroatoms. The van der Waals surface area contributed by atoms with Gasteiger partial charge in [-0.3, -0.25) is 29.9 Å². The second-order valence-corrected chi connectivity index (χ2v) is 20.1. The Hall–Kier alpha value is -9.36. The molecule has 16 rings (SSSR count). The van der Waals surface area contributed by atoms with E-state index in [9.17, 15) is 0 Å². The standard InChI is InChI=1S/C60H32N10S2/c1-3-15-45-35(9-1)37-19-17-33(49-21-23-51(71-49)43-31-65-57-39-11-5-25-61-53(39)55-41(59(57)67-43)13-7-27-63-55)29-47(37)69(45)70-46-16-4-2-10-36(46)38-20-18-34(30-48(38)70)50-22-24-52(72-50)44-32-66-58-40-12-6-26-62-54(40)56-42(60(58)68-44)14-8-28-64-56/h1-32H. The third-order valence-electron chi connectivity index (χ3n) is 14.0. The summed E-state index contributed by atoms with van der Waals surface area (Å²) in [6.45, 7) is 0. The minimum Gasteiger partial charge on any atom is -0.254 e. The third-order valence-corrected chi connectivity index (χ3v) is 16.3. The van der Waals surface area contributed by atoms with Gasteiger partial charge < -0.3 is 0 Å². The molecule has 72 heavy (non-hydrogen) atoms. The Balaban J connectivity index is 0.828. The average molecular weight is 957 g/mol. The Morgan fingerprint density at radius 1 is 0.278 bits per heavy atom. The predicted molar refractivity (Wildman–Crippen MR) is 295 cm³/mol. The van der Waals surface area contributed by atoms with Crippen LogP contribution in [0.15, 0.2) is 195 Å². The highest BCUT2D eigenvalue weighted by atomic mass is 32.1. The molecule has 16 aromatic rings. The van der Waals surface area contributed by atoms with E-state index in [0.29, 0.717) is 0 Å². The molecule has 0 aliphatic heterocycles. The summed E-state index contributed by atoms with van der Waals surface area (Å²) in [4.78, 5) is 43.7. The van der Waals surface area contributed by atoms with Crippen molar-refractivity contribution in [1.29, 1.82) is 0 Å². The summed E-state index contributed by atoms with van der Waals surface area (Å²) in [6, 6.07) is 55.9. The summed E-state index contributed by atoms with van der Waals surface area (Å²) < 4.78 is 4.82. The van der Waals surface area contributed by atoms with Crippen LogP contribution in [0.2, 0.25) is 0 Å². The molecule has 0 aliphatic rings. The van der Waals surface area contributed by atoms with E-state index in [1.54, 1.807) is 35.1 Å². The van der Waals surface area contributed by atoms with E-state index in [0.717, 1.165) is 130 Å². The van der Waals surface area contributed by atoms with Gasteiger partial charge in [-0.15, -0.1) is 22.7 Å². The van der Waals surface area contributed by atoms with Gasteiger partial charge in [0.1, 0.15) is 0 Å². The molecule has 10 nitrogen and oxygen atoms in total. The molecule has 0 radical (unpaired) electrons. The van der Waals surface area contributed by atoms with Gasteiger partial charge in [0.2, 0.25) is 0 Å². The van der Waals surface area contributed by atoms with Crippen LogP contribution in [0.5, 0.6) is 0 Å². The van der Waals surface area contributed by atoms with Crippen molar-refractivity contribution >= 4 is 132 Å². The zero-order valence-electron chi connectivity index (χ0n) is 37.8. The van der Waals surface area contributed by atoms with Crippen LogP contribution < -0.4 is 0 Å². The monoisotopic (exact) mass is 956 g/mol. The van der Waals surface area contributed by atoms with Crippen molar-refractivity contribution < 1.29 is 0 Å². The van der Waals surface area contributed by atoms with Crippen molar-refractivity contribution in [2.24, 2.45) is 0 Å². The van der Waals surface area contributed by atoms with Crippen LogP contribution in [0, 0.1) is 0 Å². The summed E-state index contributed by atoms with van der Waals surface area (Å²) >= 11 is 3.44. The minimum atomic E-state index is 0.823. The molecule has 334 valence electrons. The van der Waals surface area contributed by atoms with E-state index in [-0.39, 0.29) is 0 Å². The van der Waals surface area contributed by atoms with E-state index in [1.165, 1.54) is 21.5 Å².